The van der Waals surface area contributed by atoms with E-state index in [4.69, 9.17) is 9.47 Å². The highest BCUT2D eigenvalue weighted by molar-refractivity contribution is 9.10. The molecule has 1 N–H and O–H groups in total. The first kappa shape index (κ1) is 15.1. The zero-order valence-corrected chi connectivity index (χ0v) is 12.7. The lowest BCUT2D eigenvalue weighted by molar-refractivity contribution is 0.295. The van der Waals surface area contributed by atoms with E-state index in [-0.39, 0.29) is 0 Å². The molecule has 18 heavy (non-hydrogen) atoms. The van der Waals surface area contributed by atoms with Gasteiger partial charge in [0.15, 0.2) is 11.5 Å². The van der Waals surface area contributed by atoms with Gasteiger partial charge in [-0.2, -0.15) is 0 Å². The van der Waals surface area contributed by atoms with Crippen LogP contribution in [0.4, 0.5) is 0 Å². The summed E-state index contributed by atoms with van der Waals surface area (Å²) in [7, 11) is 1.92. The van der Waals surface area contributed by atoms with Crippen LogP contribution in [0.2, 0.25) is 0 Å². The Bertz CT molecular complexity index is 405. The first-order valence-electron chi connectivity index (χ1n) is 6.06. The zero-order valence-electron chi connectivity index (χ0n) is 11.1. The topological polar surface area (TPSA) is 30.5 Å². The Balaban J connectivity index is 2.97. The molecule has 0 atom stereocenters. The molecule has 1 rings (SSSR count). The fourth-order valence-electron chi connectivity index (χ4n) is 1.56. The molecule has 1 aromatic carbocycles. The molecule has 0 unspecified atom stereocenters. The standard InChI is InChI=1S/C14H20BrNO2/c1-4-6-7-18-14-12(15)8-11(10-16-3)9-13(14)17-5-2/h4,6,8-9,16H,5,7,10H2,1-3H3/b6-4+. The van der Waals surface area contributed by atoms with Gasteiger partial charge in [-0.3, -0.25) is 0 Å². The average molecular weight is 314 g/mol. The van der Waals surface area contributed by atoms with Gasteiger partial charge in [-0.1, -0.05) is 12.2 Å². The van der Waals surface area contributed by atoms with Crippen molar-refractivity contribution in [1.82, 2.24) is 5.32 Å². The molecule has 0 aliphatic heterocycles. The summed E-state index contributed by atoms with van der Waals surface area (Å²) in [5.74, 6) is 1.54. The molecule has 0 saturated carbocycles. The van der Waals surface area contributed by atoms with Gasteiger partial charge in [0, 0.05) is 6.54 Å². The Labute approximate surface area is 117 Å². The number of rotatable bonds is 7. The molecule has 0 heterocycles. The molecule has 1 aromatic rings. The fraction of sp³-hybridized carbons (Fsp3) is 0.429. The van der Waals surface area contributed by atoms with Crippen molar-refractivity contribution in [3.63, 3.8) is 0 Å². The second-order valence-electron chi connectivity index (χ2n) is 3.75. The average Bonchev–Trinajstić information content (AvgIpc) is 2.33. The van der Waals surface area contributed by atoms with E-state index >= 15 is 0 Å². The summed E-state index contributed by atoms with van der Waals surface area (Å²) in [5, 5.41) is 3.12. The van der Waals surface area contributed by atoms with Gasteiger partial charge in [-0.25, -0.2) is 0 Å². The fourth-order valence-corrected chi connectivity index (χ4v) is 2.16. The van der Waals surface area contributed by atoms with Crippen molar-refractivity contribution in [2.45, 2.75) is 20.4 Å². The van der Waals surface area contributed by atoms with Crippen LogP contribution in [0, 0.1) is 0 Å². The second-order valence-corrected chi connectivity index (χ2v) is 4.60. The minimum Gasteiger partial charge on any atom is -0.490 e. The highest BCUT2D eigenvalue weighted by Crippen LogP contribution is 2.36. The molecular formula is C14H20BrNO2. The first-order valence-corrected chi connectivity index (χ1v) is 6.86. The largest absolute Gasteiger partial charge is 0.490 e. The van der Waals surface area contributed by atoms with E-state index in [9.17, 15) is 0 Å². The highest BCUT2D eigenvalue weighted by Gasteiger charge is 2.11. The molecule has 4 heteroatoms. The summed E-state index contributed by atoms with van der Waals surface area (Å²) in [6, 6.07) is 4.06. The van der Waals surface area contributed by atoms with Gasteiger partial charge >= 0.3 is 0 Å². The van der Waals surface area contributed by atoms with Crippen molar-refractivity contribution < 1.29 is 9.47 Å². The lowest BCUT2D eigenvalue weighted by Crippen LogP contribution is -2.07. The van der Waals surface area contributed by atoms with Crippen LogP contribution in [0.1, 0.15) is 19.4 Å². The highest BCUT2D eigenvalue weighted by atomic mass is 79.9. The summed E-state index contributed by atoms with van der Waals surface area (Å²) < 4.78 is 12.3. The van der Waals surface area contributed by atoms with Crippen LogP contribution < -0.4 is 14.8 Å². The second kappa shape index (κ2) is 8.16. The van der Waals surface area contributed by atoms with Crippen molar-refractivity contribution >= 4 is 15.9 Å². The Kier molecular flexibility index (Phi) is 6.83. The first-order chi connectivity index (χ1) is 8.72. The van der Waals surface area contributed by atoms with E-state index < -0.39 is 0 Å². The van der Waals surface area contributed by atoms with Crippen molar-refractivity contribution in [2.24, 2.45) is 0 Å². The van der Waals surface area contributed by atoms with Gasteiger partial charge in [-0.05, 0) is 54.5 Å². The van der Waals surface area contributed by atoms with Crippen molar-refractivity contribution in [2.75, 3.05) is 20.3 Å². The molecule has 0 spiro atoms. The lowest BCUT2D eigenvalue weighted by atomic mass is 10.2. The van der Waals surface area contributed by atoms with Crippen LogP contribution in [-0.4, -0.2) is 20.3 Å². The van der Waals surface area contributed by atoms with Gasteiger partial charge in [0.25, 0.3) is 0 Å². The van der Waals surface area contributed by atoms with Crippen LogP contribution in [-0.2, 0) is 6.54 Å². The maximum atomic E-state index is 5.71. The Hall–Kier alpha value is -1.00. The Morgan fingerprint density at radius 2 is 2.11 bits per heavy atom. The normalized spacial score (nSPS) is 10.9. The van der Waals surface area contributed by atoms with E-state index in [0.29, 0.717) is 13.2 Å². The van der Waals surface area contributed by atoms with Crippen LogP contribution in [0.5, 0.6) is 11.5 Å². The van der Waals surface area contributed by atoms with E-state index in [1.807, 2.05) is 45.2 Å². The molecule has 0 bridgehead atoms. The predicted molar refractivity (Wildman–Crippen MR) is 78.4 cm³/mol. The summed E-state index contributed by atoms with van der Waals surface area (Å²) >= 11 is 3.53. The minimum absolute atomic E-state index is 0.542. The van der Waals surface area contributed by atoms with E-state index in [0.717, 1.165) is 28.1 Å². The smallest absolute Gasteiger partial charge is 0.175 e. The number of benzene rings is 1. The van der Waals surface area contributed by atoms with Gasteiger partial charge in [0.05, 0.1) is 11.1 Å². The van der Waals surface area contributed by atoms with Crippen molar-refractivity contribution in [3.8, 4) is 11.5 Å². The van der Waals surface area contributed by atoms with Crippen molar-refractivity contribution in [1.29, 1.82) is 0 Å². The molecule has 0 aliphatic carbocycles. The molecule has 0 saturated heterocycles. The van der Waals surface area contributed by atoms with Gasteiger partial charge in [-0.15, -0.1) is 0 Å². The van der Waals surface area contributed by atoms with Crippen LogP contribution in [0.25, 0.3) is 0 Å². The SMILES string of the molecule is C/C=C/COc1c(Br)cc(CNC)cc1OCC. The number of hydrogen-bond donors (Lipinski definition) is 1. The third kappa shape index (κ3) is 4.35. The maximum Gasteiger partial charge on any atom is 0.175 e. The number of nitrogens with one attached hydrogen (secondary N) is 1. The van der Waals surface area contributed by atoms with Gasteiger partial charge in [0.2, 0.25) is 0 Å². The van der Waals surface area contributed by atoms with Gasteiger partial charge < -0.3 is 14.8 Å². The summed E-state index contributed by atoms with van der Waals surface area (Å²) in [6.45, 7) is 5.90. The molecule has 100 valence electrons. The molecule has 0 radical (unpaired) electrons. The van der Waals surface area contributed by atoms with Crippen LogP contribution in [0.15, 0.2) is 28.8 Å². The van der Waals surface area contributed by atoms with E-state index in [1.165, 1.54) is 0 Å². The molecule has 0 amide bonds. The maximum absolute atomic E-state index is 5.71. The lowest BCUT2D eigenvalue weighted by Gasteiger charge is -2.14. The molecule has 0 aromatic heterocycles. The quantitative estimate of drug-likeness (QED) is 0.781. The van der Waals surface area contributed by atoms with Crippen LogP contribution >= 0.6 is 15.9 Å². The summed E-state index contributed by atoms with van der Waals surface area (Å²) in [4.78, 5) is 0. The number of hydrogen-bond acceptors (Lipinski definition) is 3. The van der Waals surface area contributed by atoms with Gasteiger partial charge in [0.1, 0.15) is 6.61 Å². The van der Waals surface area contributed by atoms with Crippen LogP contribution in [0.3, 0.4) is 0 Å². The molecular weight excluding hydrogens is 294 g/mol. The third-order valence-corrected chi connectivity index (χ3v) is 2.90. The summed E-state index contributed by atoms with van der Waals surface area (Å²) in [5.41, 5.74) is 1.16. The number of allylic oxidation sites excluding steroid dienone is 1. The number of halogens is 1. The Morgan fingerprint density at radius 1 is 1.33 bits per heavy atom. The molecule has 3 nitrogen and oxygen atoms in total. The number of ether oxygens (including phenoxy) is 2. The zero-order chi connectivity index (χ0) is 13.4. The minimum atomic E-state index is 0.542. The predicted octanol–water partition coefficient (Wildman–Crippen LogP) is 3.52. The van der Waals surface area contributed by atoms with Crippen molar-refractivity contribution in [3.05, 3.63) is 34.3 Å². The van der Waals surface area contributed by atoms with E-state index in [1.54, 1.807) is 0 Å². The third-order valence-electron chi connectivity index (χ3n) is 2.31. The molecule has 0 fully saturated rings. The summed E-state index contributed by atoms with van der Waals surface area (Å²) in [6.07, 6.45) is 3.92. The van der Waals surface area contributed by atoms with E-state index in [2.05, 4.69) is 21.2 Å². The monoisotopic (exact) mass is 313 g/mol. The Morgan fingerprint density at radius 3 is 2.72 bits per heavy atom. The molecule has 0 aliphatic rings.